The van der Waals surface area contributed by atoms with Gasteiger partial charge < -0.3 is 19.7 Å². The highest BCUT2D eigenvalue weighted by Crippen LogP contribution is 2.26. The lowest BCUT2D eigenvalue weighted by molar-refractivity contribution is -0.122. The molecule has 0 spiro atoms. The number of nitrogens with zero attached hydrogens (tertiary/aromatic N) is 2. The highest BCUT2D eigenvalue weighted by atomic mass is 16.5. The van der Waals surface area contributed by atoms with Gasteiger partial charge in [-0.2, -0.15) is 10.2 Å². The summed E-state index contributed by atoms with van der Waals surface area (Å²) in [5.74, 6) is 0.329. The second-order valence-electron chi connectivity index (χ2n) is 7.36. The number of phenolic OH excluding ortho intramolecular Hbond substituents is 2. The number of aromatic hydroxyl groups is 2. The number of nitrogens with one attached hydrogen (secondary N) is 2. The maximum atomic E-state index is 11.9. The molecule has 0 heterocycles. The number of hydrogen-bond acceptors (Lipinski definition) is 8. The molecule has 4 N–H and O–H groups in total. The number of ether oxygens (including phenoxy) is 2. The molecule has 0 aliphatic rings. The van der Waals surface area contributed by atoms with Crippen molar-refractivity contribution in [2.75, 3.05) is 14.2 Å². The van der Waals surface area contributed by atoms with Crippen LogP contribution in [0.25, 0.3) is 0 Å². The minimum Gasteiger partial charge on any atom is -0.504 e. The SMILES string of the molecule is COc1cc(/C=N\NC(=O)CCCCCCC(=O)N/N=C\c2ccc(O)c(OC)c2)ccc1O. The maximum Gasteiger partial charge on any atom is 0.240 e. The second-order valence-corrected chi connectivity index (χ2v) is 7.36. The monoisotopic (exact) mass is 470 g/mol. The highest BCUT2D eigenvalue weighted by Gasteiger charge is 2.04. The summed E-state index contributed by atoms with van der Waals surface area (Å²) in [6, 6.07) is 9.50. The third kappa shape index (κ3) is 9.19. The molecule has 0 saturated heterocycles. The topological polar surface area (TPSA) is 142 Å². The Labute approximate surface area is 198 Å². The Morgan fingerprint density at radius 2 is 1.18 bits per heavy atom. The van der Waals surface area contributed by atoms with E-state index in [1.807, 2.05) is 0 Å². The van der Waals surface area contributed by atoms with Crippen LogP contribution in [0.15, 0.2) is 46.6 Å². The second kappa shape index (κ2) is 14.1. The average Bonchev–Trinajstić information content (AvgIpc) is 2.83. The van der Waals surface area contributed by atoms with E-state index in [1.165, 1.54) is 38.8 Å². The molecule has 0 bridgehead atoms. The Hall–Kier alpha value is -4.08. The zero-order valence-corrected chi connectivity index (χ0v) is 19.3. The molecular formula is C24H30N4O6. The smallest absolute Gasteiger partial charge is 0.240 e. The first-order valence-electron chi connectivity index (χ1n) is 10.8. The van der Waals surface area contributed by atoms with E-state index in [-0.39, 0.29) is 23.3 Å². The van der Waals surface area contributed by atoms with E-state index in [0.29, 0.717) is 48.3 Å². The third-order valence-electron chi connectivity index (χ3n) is 4.77. The molecule has 2 aromatic carbocycles. The van der Waals surface area contributed by atoms with Gasteiger partial charge in [-0.25, -0.2) is 10.9 Å². The van der Waals surface area contributed by atoms with Gasteiger partial charge >= 0.3 is 0 Å². The lowest BCUT2D eigenvalue weighted by Gasteiger charge is -2.04. The fourth-order valence-corrected chi connectivity index (χ4v) is 2.94. The summed E-state index contributed by atoms with van der Waals surface area (Å²) in [7, 11) is 2.91. The van der Waals surface area contributed by atoms with Crippen LogP contribution in [0.4, 0.5) is 0 Å². The summed E-state index contributed by atoms with van der Waals surface area (Å²) in [5, 5.41) is 26.9. The maximum absolute atomic E-state index is 11.9. The van der Waals surface area contributed by atoms with Crippen molar-refractivity contribution in [2.45, 2.75) is 38.5 Å². The first-order chi connectivity index (χ1) is 16.4. The molecule has 0 saturated carbocycles. The molecule has 2 aromatic rings. The van der Waals surface area contributed by atoms with Crippen LogP contribution in [0.3, 0.4) is 0 Å². The number of methoxy groups -OCH3 is 2. The normalized spacial score (nSPS) is 11.0. The standard InChI is InChI=1S/C24H30N4O6/c1-33-21-13-17(9-11-19(21)29)15-25-27-23(31)7-5-3-4-6-8-24(32)28-26-16-18-10-12-20(30)22(14-18)34-2/h9-16,29-30H,3-8H2,1-2H3,(H,27,31)(H,28,32)/b25-15-,26-16-. The molecule has 10 nitrogen and oxygen atoms in total. The molecule has 182 valence electrons. The van der Waals surface area contributed by atoms with Gasteiger partial charge in [0, 0.05) is 12.8 Å². The van der Waals surface area contributed by atoms with Crippen molar-refractivity contribution in [3.8, 4) is 23.0 Å². The fourth-order valence-electron chi connectivity index (χ4n) is 2.94. The van der Waals surface area contributed by atoms with Crippen molar-refractivity contribution in [3.05, 3.63) is 47.5 Å². The van der Waals surface area contributed by atoms with E-state index in [9.17, 15) is 19.8 Å². The number of unbranched alkanes of at least 4 members (excludes halogenated alkanes) is 3. The molecule has 0 aliphatic carbocycles. The summed E-state index contributed by atoms with van der Waals surface area (Å²) >= 11 is 0. The molecule has 10 heteroatoms. The van der Waals surface area contributed by atoms with Crippen molar-refractivity contribution in [1.82, 2.24) is 10.9 Å². The van der Waals surface area contributed by atoms with Crippen LogP contribution in [-0.2, 0) is 9.59 Å². The first kappa shape index (κ1) is 26.2. The Morgan fingerprint density at radius 1 is 0.765 bits per heavy atom. The molecular weight excluding hydrogens is 440 g/mol. The van der Waals surface area contributed by atoms with Crippen LogP contribution in [0.1, 0.15) is 49.7 Å². The molecule has 2 rings (SSSR count). The summed E-state index contributed by atoms with van der Waals surface area (Å²) in [5.41, 5.74) is 6.29. The predicted molar refractivity (Wildman–Crippen MR) is 128 cm³/mol. The Bertz CT molecular complexity index is 941. The van der Waals surface area contributed by atoms with Gasteiger partial charge in [-0.05, 0) is 60.4 Å². The van der Waals surface area contributed by atoms with E-state index in [1.54, 1.807) is 24.3 Å². The van der Waals surface area contributed by atoms with Crippen LogP contribution < -0.4 is 20.3 Å². The first-order valence-corrected chi connectivity index (χ1v) is 10.8. The van der Waals surface area contributed by atoms with E-state index < -0.39 is 0 Å². The lowest BCUT2D eigenvalue weighted by Crippen LogP contribution is -2.17. The van der Waals surface area contributed by atoms with Crippen LogP contribution in [0.5, 0.6) is 23.0 Å². The summed E-state index contributed by atoms with van der Waals surface area (Å²) in [6.07, 6.45) is 6.63. The Balaban J connectivity index is 1.56. The molecule has 0 radical (unpaired) electrons. The lowest BCUT2D eigenvalue weighted by atomic mass is 10.1. The van der Waals surface area contributed by atoms with Gasteiger partial charge in [0.1, 0.15) is 0 Å². The molecule has 0 fully saturated rings. The highest BCUT2D eigenvalue weighted by molar-refractivity contribution is 5.84. The number of carbonyl (C=O) groups is 2. The minimum absolute atomic E-state index is 0.0315. The number of hydrogen-bond donors (Lipinski definition) is 4. The van der Waals surface area contributed by atoms with Gasteiger partial charge in [-0.15, -0.1) is 0 Å². The molecule has 0 aromatic heterocycles. The number of rotatable bonds is 13. The van der Waals surface area contributed by atoms with Crippen LogP contribution >= 0.6 is 0 Å². The quantitative estimate of drug-likeness (QED) is 0.201. The van der Waals surface area contributed by atoms with Gasteiger partial charge in [-0.3, -0.25) is 9.59 Å². The predicted octanol–water partition coefficient (Wildman–Crippen LogP) is 3.06. The zero-order chi connectivity index (χ0) is 24.8. The number of carbonyl (C=O) groups excluding carboxylic acids is 2. The Morgan fingerprint density at radius 3 is 1.56 bits per heavy atom. The van der Waals surface area contributed by atoms with Crippen molar-refractivity contribution in [1.29, 1.82) is 0 Å². The number of amides is 2. The molecule has 0 unspecified atom stereocenters. The number of phenols is 2. The van der Waals surface area contributed by atoms with Gasteiger partial charge in [0.05, 0.1) is 26.6 Å². The van der Waals surface area contributed by atoms with E-state index in [4.69, 9.17) is 9.47 Å². The molecule has 0 aliphatic heterocycles. The van der Waals surface area contributed by atoms with Crippen molar-refractivity contribution < 1.29 is 29.3 Å². The van der Waals surface area contributed by atoms with E-state index in [0.717, 1.165) is 12.8 Å². The number of hydrazone groups is 2. The summed E-state index contributed by atoms with van der Waals surface area (Å²) in [6.45, 7) is 0. The zero-order valence-electron chi connectivity index (χ0n) is 19.3. The van der Waals surface area contributed by atoms with Crippen molar-refractivity contribution in [3.63, 3.8) is 0 Å². The van der Waals surface area contributed by atoms with Crippen molar-refractivity contribution in [2.24, 2.45) is 10.2 Å². The van der Waals surface area contributed by atoms with Gasteiger partial charge in [0.15, 0.2) is 23.0 Å². The average molecular weight is 471 g/mol. The van der Waals surface area contributed by atoms with Crippen LogP contribution in [0.2, 0.25) is 0 Å². The van der Waals surface area contributed by atoms with Crippen molar-refractivity contribution >= 4 is 24.2 Å². The summed E-state index contributed by atoms with van der Waals surface area (Å²) < 4.78 is 10.0. The van der Waals surface area contributed by atoms with E-state index >= 15 is 0 Å². The van der Waals surface area contributed by atoms with Crippen LogP contribution in [0, 0.1) is 0 Å². The largest absolute Gasteiger partial charge is 0.504 e. The Kier molecular flexibility index (Phi) is 10.9. The van der Waals surface area contributed by atoms with Gasteiger partial charge in [0.2, 0.25) is 11.8 Å². The molecule has 2 amide bonds. The van der Waals surface area contributed by atoms with Crippen LogP contribution in [-0.4, -0.2) is 48.7 Å². The van der Waals surface area contributed by atoms with Gasteiger partial charge in [0.25, 0.3) is 0 Å². The molecule has 34 heavy (non-hydrogen) atoms. The molecule has 0 atom stereocenters. The number of benzene rings is 2. The van der Waals surface area contributed by atoms with E-state index in [2.05, 4.69) is 21.1 Å². The summed E-state index contributed by atoms with van der Waals surface area (Å²) in [4.78, 5) is 23.7. The van der Waals surface area contributed by atoms with Gasteiger partial charge in [-0.1, -0.05) is 12.8 Å². The minimum atomic E-state index is -0.195. The fraction of sp³-hybridized carbons (Fsp3) is 0.333. The third-order valence-corrected chi connectivity index (χ3v) is 4.77.